The second-order valence-corrected chi connectivity index (χ2v) is 23.5. The number of nitro groups is 1. The highest BCUT2D eigenvalue weighted by atomic mass is 32.2. The number of aliphatic hydroxyl groups is 1. The minimum Gasteiger partial charge on any atom is -0.497 e. The third-order valence-electron chi connectivity index (χ3n) is 16.4. The number of amides is 1. The number of hydrogen-bond donors (Lipinski definition) is 4. The molecule has 4 aliphatic rings. The fraction of sp³-hybridized carbons (Fsp3) is 0.439. The Morgan fingerprint density at radius 3 is 2.43 bits per heavy atom. The zero-order valence-electron chi connectivity index (χ0n) is 43.1. The van der Waals surface area contributed by atoms with Gasteiger partial charge in [0.1, 0.15) is 34.4 Å². The first-order chi connectivity index (χ1) is 35.9. The average Bonchev–Trinajstić information content (AvgIpc) is 3.87. The van der Waals surface area contributed by atoms with Crippen molar-refractivity contribution in [2.24, 2.45) is 11.3 Å². The summed E-state index contributed by atoms with van der Waals surface area (Å²) in [5.41, 5.74) is 3.47. The third-order valence-corrected chi connectivity index (χ3v) is 17.7. The van der Waals surface area contributed by atoms with Gasteiger partial charge in [0.05, 0.1) is 40.0 Å². The van der Waals surface area contributed by atoms with E-state index < -0.39 is 42.9 Å². The van der Waals surface area contributed by atoms with Crippen LogP contribution < -0.4 is 24.4 Å². The molecule has 2 aromatic heterocycles. The minimum absolute atomic E-state index is 0.0895. The summed E-state index contributed by atoms with van der Waals surface area (Å²) in [5, 5.41) is 26.4. The molecule has 2 aliphatic carbocycles. The number of hydrogen-bond acceptors (Lipinski definition) is 13. The Morgan fingerprint density at radius 2 is 1.71 bits per heavy atom. The number of nitro benzene ring substituents is 1. The first-order valence-electron chi connectivity index (χ1n) is 26.2. The average molecular weight is 1040 g/mol. The van der Waals surface area contributed by atoms with Gasteiger partial charge in [0.2, 0.25) is 0 Å². The fourth-order valence-electron chi connectivity index (χ4n) is 12.0. The van der Waals surface area contributed by atoms with Gasteiger partial charge in [-0.1, -0.05) is 50.2 Å². The van der Waals surface area contributed by atoms with Crippen LogP contribution in [0, 0.1) is 27.3 Å². The molecule has 1 atom stereocenters. The van der Waals surface area contributed by atoms with Crippen molar-refractivity contribution in [2.45, 2.75) is 107 Å². The van der Waals surface area contributed by atoms with Crippen molar-refractivity contribution < 1.29 is 37.1 Å². The molecular formula is C57H67FN8O8S. The highest BCUT2D eigenvalue weighted by molar-refractivity contribution is 7.90. The number of sulfonamides is 1. The molecule has 4 aromatic carbocycles. The number of aromatic nitrogens is 2. The number of rotatable bonds is 16. The number of piperazine rings is 1. The van der Waals surface area contributed by atoms with Gasteiger partial charge >= 0.3 is 0 Å². The number of halogens is 1. The van der Waals surface area contributed by atoms with E-state index in [0.717, 1.165) is 88.0 Å². The molecular weight excluding hydrogens is 976 g/mol. The Kier molecular flexibility index (Phi) is 14.7. The lowest BCUT2D eigenvalue weighted by atomic mass is 9.59. The summed E-state index contributed by atoms with van der Waals surface area (Å²) in [4.78, 5) is 39.8. The van der Waals surface area contributed by atoms with Crippen LogP contribution in [0.3, 0.4) is 0 Å². The van der Waals surface area contributed by atoms with Crippen molar-refractivity contribution in [1.82, 2.24) is 24.5 Å². The number of methoxy groups -OCH3 is 1. The Morgan fingerprint density at radius 1 is 0.960 bits per heavy atom. The van der Waals surface area contributed by atoms with Gasteiger partial charge < -0.3 is 29.8 Å². The lowest BCUT2D eigenvalue weighted by Crippen LogP contribution is -2.60. The summed E-state index contributed by atoms with van der Waals surface area (Å²) in [6, 6.07) is 27.2. The zero-order chi connectivity index (χ0) is 52.6. The predicted molar refractivity (Wildman–Crippen MR) is 287 cm³/mol. The van der Waals surface area contributed by atoms with Crippen LogP contribution in [0.5, 0.6) is 17.2 Å². The first-order valence-corrected chi connectivity index (χ1v) is 27.6. The molecule has 2 aliphatic heterocycles. The van der Waals surface area contributed by atoms with Gasteiger partial charge in [-0.3, -0.25) is 24.7 Å². The lowest BCUT2D eigenvalue weighted by Gasteiger charge is -2.58. The van der Waals surface area contributed by atoms with E-state index >= 15 is 4.39 Å². The number of benzene rings is 4. The number of nitrogens with zero attached hydrogens (tertiary/aromatic N) is 5. The second kappa shape index (κ2) is 21.2. The van der Waals surface area contributed by atoms with Crippen LogP contribution >= 0.6 is 0 Å². The summed E-state index contributed by atoms with van der Waals surface area (Å²) < 4.78 is 58.0. The van der Waals surface area contributed by atoms with Gasteiger partial charge in [-0.25, -0.2) is 22.5 Å². The van der Waals surface area contributed by atoms with Crippen LogP contribution in [-0.2, 0) is 16.6 Å². The molecule has 4 heterocycles. The number of nitrogens with one attached hydrogen (secondary N) is 3. The number of fused-ring (bicyclic) bond motifs is 1. The minimum atomic E-state index is -4.72. The van der Waals surface area contributed by atoms with E-state index in [1.165, 1.54) is 41.1 Å². The molecule has 396 valence electrons. The number of ether oxygens (including phenoxy) is 2. The van der Waals surface area contributed by atoms with Crippen molar-refractivity contribution in [2.75, 3.05) is 56.6 Å². The van der Waals surface area contributed by atoms with Crippen molar-refractivity contribution in [1.29, 1.82) is 0 Å². The van der Waals surface area contributed by atoms with Crippen LogP contribution in [0.15, 0.2) is 108 Å². The molecule has 75 heavy (non-hydrogen) atoms. The molecule has 2 saturated heterocycles. The first kappa shape index (κ1) is 51.9. The summed E-state index contributed by atoms with van der Waals surface area (Å²) in [7, 11) is -3.04. The van der Waals surface area contributed by atoms with E-state index in [1.807, 2.05) is 21.8 Å². The highest BCUT2D eigenvalue weighted by Gasteiger charge is 2.50. The summed E-state index contributed by atoms with van der Waals surface area (Å²) in [6.07, 6.45) is 9.66. The highest BCUT2D eigenvalue weighted by Crippen LogP contribution is 2.54. The third kappa shape index (κ3) is 11.3. The predicted octanol–water partition coefficient (Wildman–Crippen LogP) is 10.3. The number of carbonyl (C=O) groups excluding carboxylic acids is 1. The molecule has 18 heteroatoms. The Hall–Kier alpha value is -6.60. The van der Waals surface area contributed by atoms with Crippen LogP contribution in [0.1, 0.15) is 111 Å². The molecule has 6 aromatic rings. The maximum Gasteiger partial charge on any atom is 0.293 e. The fourth-order valence-corrected chi connectivity index (χ4v) is 13.0. The monoisotopic (exact) mass is 1040 g/mol. The SMILES string of the molecule is COc1ccc(CN2CCN(C3CC4(CCN(c5cc(Oc6cnc7[nH]ccc7c6)c(C(=O)NS(=O)(=O)c6ccc(NC[C@H]7CC[C@](C)(O)CC7)c([N+](=O)[O-])c6)cc5F)CC4)C3)[C@H](c3ccccc3C(C)C)C2)cc1. The van der Waals surface area contributed by atoms with E-state index in [0.29, 0.717) is 50.1 Å². The summed E-state index contributed by atoms with van der Waals surface area (Å²) in [6.45, 7) is 11.6. The van der Waals surface area contributed by atoms with Crippen LogP contribution in [0.2, 0.25) is 0 Å². The topological polar surface area (TPSA) is 195 Å². The zero-order valence-corrected chi connectivity index (χ0v) is 43.9. The van der Waals surface area contributed by atoms with Gasteiger partial charge in [-0.15, -0.1) is 0 Å². The van der Waals surface area contributed by atoms with Crippen molar-refractivity contribution in [3.05, 3.63) is 142 Å². The number of piperidine rings is 1. The molecule has 4 fully saturated rings. The number of anilines is 2. The van der Waals surface area contributed by atoms with Crippen LogP contribution in [-0.4, -0.2) is 102 Å². The van der Waals surface area contributed by atoms with Gasteiger partial charge in [0.15, 0.2) is 0 Å². The van der Waals surface area contributed by atoms with Gasteiger partial charge in [-0.05, 0) is 135 Å². The number of carbonyl (C=O) groups is 1. The molecule has 0 radical (unpaired) electrons. The van der Waals surface area contributed by atoms with Crippen molar-refractivity contribution in [3.63, 3.8) is 0 Å². The summed E-state index contributed by atoms with van der Waals surface area (Å²) >= 11 is 0. The quantitative estimate of drug-likeness (QED) is 0.0529. The number of H-pyrrole nitrogens is 1. The maximum atomic E-state index is 16.6. The largest absolute Gasteiger partial charge is 0.497 e. The molecule has 2 saturated carbocycles. The molecule has 10 rings (SSSR count). The van der Waals surface area contributed by atoms with Crippen molar-refractivity contribution in [3.8, 4) is 17.2 Å². The van der Waals surface area contributed by atoms with E-state index in [2.05, 4.69) is 75.3 Å². The maximum absolute atomic E-state index is 16.6. The van der Waals surface area contributed by atoms with E-state index in [9.17, 15) is 28.4 Å². The Bertz CT molecular complexity index is 3160. The molecule has 0 bridgehead atoms. The molecule has 16 nitrogen and oxygen atoms in total. The molecule has 1 amide bonds. The summed E-state index contributed by atoms with van der Waals surface area (Å²) in [5.74, 6) is -0.355. The van der Waals surface area contributed by atoms with Crippen molar-refractivity contribution >= 4 is 44.0 Å². The van der Waals surface area contributed by atoms with Crippen LogP contribution in [0.25, 0.3) is 11.0 Å². The standard InChI is InChI=1S/C57H67FN8O8S/c1-37(2)45-7-5-6-8-46(45)52-36-63(35-39-9-11-42(73-4)12-10-39)25-26-65(52)41-31-57(32-41)20-23-64(24-21-57)50-30-53(74-43-27-40-17-22-59-54(40)61-34-43)47(29-48(50)58)55(67)62-75(71,72)44-13-14-49(51(28-44)66(69)70)60-33-38-15-18-56(3,68)19-16-38/h5-14,17,22,27-30,34,37-38,41,52,60,68H,15-16,18-21,23-26,31-33,35-36H2,1-4H3,(H,59,61)(H,62,67)/t38-,52-,56-/m0/s1. The molecule has 4 N–H and O–H groups in total. The molecule has 0 unspecified atom stereocenters. The van der Waals surface area contributed by atoms with E-state index in [-0.39, 0.29) is 45.8 Å². The second-order valence-electron chi connectivity index (χ2n) is 21.8. The van der Waals surface area contributed by atoms with Gasteiger partial charge in [0.25, 0.3) is 21.6 Å². The van der Waals surface area contributed by atoms with Gasteiger partial charge in [-0.2, -0.15) is 0 Å². The number of aromatic amines is 1. The molecule has 1 spiro atoms. The van der Waals surface area contributed by atoms with E-state index in [1.54, 1.807) is 32.4 Å². The van der Waals surface area contributed by atoms with E-state index in [4.69, 9.17) is 9.47 Å². The Labute approximate surface area is 437 Å². The normalized spacial score (nSPS) is 21.5. The Balaban J connectivity index is 0.844. The van der Waals surface area contributed by atoms with Gasteiger partial charge in [0, 0.05) is 81.6 Å². The number of pyridine rings is 1. The smallest absolute Gasteiger partial charge is 0.293 e. The lowest BCUT2D eigenvalue weighted by molar-refractivity contribution is -0.384. The van der Waals surface area contributed by atoms with Crippen LogP contribution in [0.4, 0.5) is 21.5 Å².